The number of likely N-dealkylation sites (tertiary alicyclic amines) is 1. The molecule has 0 aromatic heterocycles. The van der Waals surface area contributed by atoms with Gasteiger partial charge in [0.1, 0.15) is 0 Å². The Hall–Kier alpha value is -0.0400. The summed E-state index contributed by atoms with van der Waals surface area (Å²) >= 11 is 0. The Kier molecular flexibility index (Phi) is 2.39. The molecule has 0 bridgehead atoms. The molecule has 1 unspecified atom stereocenters. The molecule has 1 heterocycles. The molecule has 13 heavy (non-hydrogen) atoms. The minimum Gasteiger partial charge on any atom is -0.301 e. The van der Waals surface area contributed by atoms with Crippen molar-refractivity contribution in [2.24, 2.45) is 11.3 Å². The van der Waals surface area contributed by atoms with Crippen molar-refractivity contribution in [1.29, 1.82) is 0 Å². The van der Waals surface area contributed by atoms with Gasteiger partial charge in [0.2, 0.25) is 0 Å². The highest BCUT2D eigenvalue weighted by atomic mass is 15.1. The monoisotopic (exact) mass is 181 g/mol. The van der Waals surface area contributed by atoms with Crippen molar-refractivity contribution in [2.75, 3.05) is 13.1 Å². The van der Waals surface area contributed by atoms with Gasteiger partial charge in [0, 0.05) is 6.04 Å². The quantitative estimate of drug-likeness (QED) is 0.601. The maximum atomic E-state index is 2.65. The lowest BCUT2D eigenvalue weighted by Gasteiger charge is -2.24. The van der Waals surface area contributed by atoms with Crippen molar-refractivity contribution in [3.63, 3.8) is 0 Å². The molecule has 1 saturated heterocycles. The number of hydrogen-bond donors (Lipinski definition) is 0. The van der Waals surface area contributed by atoms with E-state index in [-0.39, 0.29) is 0 Å². The smallest absolute Gasteiger partial charge is 0.00385 e. The summed E-state index contributed by atoms with van der Waals surface area (Å²) in [6, 6.07) is 0.754. The van der Waals surface area contributed by atoms with E-state index < -0.39 is 0 Å². The van der Waals surface area contributed by atoms with E-state index in [4.69, 9.17) is 0 Å². The Morgan fingerprint density at radius 3 is 2.46 bits per heavy atom. The van der Waals surface area contributed by atoms with Crippen molar-refractivity contribution in [1.82, 2.24) is 4.90 Å². The molecular weight excluding hydrogens is 158 g/mol. The largest absolute Gasteiger partial charge is 0.301 e. The van der Waals surface area contributed by atoms with Crippen LogP contribution in [-0.2, 0) is 0 Å². The van der Waals surface area contributed by atoms with Crippen LogP contribution in [0.25, 0.3) is 0 Å². The molecule has 1 heteroatoms. The number of hydrogen-bond acceptors (Lipinski definition) is 1. The molecule has 1 spiro atoms. The van der Waals surface area contributed by atoms with Crippen molar-refractivity contribution in [3.05, 3.63) is 0 Å². The van der Waals surface area contributed by atoms with Crippen molar-refractivity contribution in [2.45, 2.75) is 52.5 Å². The van der Waals surface area contributed by atoms with Gasteiger partial charge in [0.25, 0.3) is 0 Å². The first kappa shape index (κ1) is 9.51. The van der Waals surface area contributed by atoms with Gasteiger partial charge in [0.05, 0.1) is 0 Å². The highest BCUT2D eigenvalue weighted by Crippen LogP contribution is 2.58. The zero-order valence-electron chi connectivity index (χ0n) is 9.34. The Morgan fingerprint density at radius 2 is 1.92 bits per heavy atom. The van der Waals surface area contributed by atoms with Gasteiger partial charge in [-0.25, -0.2) is 0 Å². The number of rotatable bonds is 1. The summed E-state index contributed by atoms with van der Waals surface area (Å²) in [5.41, 5.74) is 0.795. The van der Waals surface area contributed by atoms with Crippen LogP contribution in [0.5, 0.6) is 0 Å². The van der Waals surface area contributed by atoms with Gasteiger partial charge in [0.15, 0.2) is 0 Å². The Labute approximate surface area is 82.5 Å². The maximum absolute atomic E-state index is 2.65. The minimum absolute atomic E-state index is 0.754. The van der Waals surface area contributed by atoms with E-state index >= 15 is 0 Å². The van der Waals surface area contributed by atoms with Gasteiger partial charge in [-0.05, 0) is 64.0 Å². The molecule has 1 saturated carbocycles. The molecule has 0 aromatic carbocycles. The summed E-state index contributed by atoms with van der Waals surface area (Å²) in [5, 5.41) is 0. The van der Waals surface area contributed by atoms with E-state index in [1.807, 2.05) is 0 Å². The lowest BCUT2D eigenvalue weighted by atomic mass is 9.95. The molecule has 0 radical (unpaired) electrons. The molecule has 0 amide bonds. The second-order valence-electron chi connectivity index (χ2n) is 5.45. The molecule has 2 fully saturated rings. The Morgan fingerprint density at radius 1 is 1.23 bits per heavy atom. The predicted molar refractivity (Wildman–Crippen MR) is 56.8 cm³/mol. The second kappa shape index (κ2) is 3.27. The van der Waals surface area contributed by atoms with Gasteiger partial charge in [-0.2, -0.15) is 0 Å². The number of nitrogens with zero attached hydrogens (tertiary/aromatic N) is 1. The highest BCUT2D eigenvalue weighted by molar-refractivity contribution is 5.01. The first-order valence-corrected chi connectivity index (χ1v) is 5.88. The van der Waals surface area contributed by atoms with E-state index in [1.165, 1.54) is 38.8 Å². The van der Waals surface area contributed by atoms with Crippen LogP contribution in [0.1, 0.15) is 46.5 Å². The summed E-state index contributed by atoms with van der Waals surface area (Å²) in [6.45, 7) is 9.78. The minimum atomic E-state index is 0.754. The second-order valence-corrected chi connectivity index (χ2v) is 5.45. The van der Waals surface area contributed by atoms with Crippen molar-refractivity contribution >= 4 is 0 Å². The van der Waals surface area contributed by atoms with E-state index in [9.17, 15) is 0 Å². The molecule has 1 aliphatic heterocycles. The van der Waals surface area contributed by atoms with Gasteiger partial charge in [-0.15, -0.1) is 0 Å². The third-order valence-electron chi connectivity index (χ3n) is 4.35. The Bertz CT molecular complexity index is 188. The van der Waals surface area contributed by atoms with Crippen LogP contribution in [0.4, 0.5) is 0 Å². The molecule has 2 atom stereocenters. The molecule has 0 N–H and O–H groups in total. The fraction of sp³-hybridized carbons (Fsp3) is 1.00. The SMILES string of the molecule is CC(C)N1CCCC2(CC1)C[C@H]2C. The van der Waals surface area contributed by atoms with Gasteiger partial charge < -0.3 is 4.90 Å². The van der Waals surface area contributed by atoms with Crippen LogP contribution in [0, 0.1) is 11.3 Å². The molecule has 1 aliphatic carbocycles. The normalized spacial score (nSPS) is 41.1. The molecule has 76 valence electrons. The van der Waals surface area contributed by atoms with E-state index in [0.29, 0.717) is 0 Å². The molecule has 2 aliphatic rings. The zero-order valence-corrected chi connectivity index (χ0v) is 9.34. The van der Waals surface area contributed by atoms with Gasteiger partial charge >= 0.3 is 0 Å². The average molecular weight is 181 g/mol. The van der Waals surface area contributed by atoms with Crippen LogP contribution in [0.2, 0.25) is 0 Å². The summed E-state index contributed by atoms with van der Waals surface area (Å²) in [4.78, 5) is 2.65. The van der Waals surface area contributed by atoms with E-state index in [2.05, 4.69) is 25.7 Å². The van der Waals surface area contributed by atoms with Crippen LogP contribution >= 0.6 is 0 Å². The first-order valence-electron chi connectivity index (χ1n) is 5.88. The maximum Gasteiger partial charge on any atom is 0.00385 e. The van der Waals surface area contributed by atoms with E-state index in [0.717, 1.165) is 17.4 Å². The lowest BCUT2D eigenvalue weighted by molar-refractivity contribution is 0.225. The molecular formula is C12H23N. The van der Waals surface area contributed by atoms with Crippen LogP contribution < -0.4 is 0 Å². The summed E-state index contributed by atoms with van der Waals surface area (Å²) in [7, 11) is 0. The zero-order chi connectivity index (χ0) is 9.47. The van der Waals surface area contributed by atoms with Gasteiger partial charge in [-0.3, -0.25) is 0 Å². The fourth-order valence-corrected chi connectivity index (χ4v) is 3.00. The summed E-state index contributed by atoms with van der Waals surface area (Å²) < 4.78 is 0. The standard InChI is InChI=1S/C12H23N/c1-10(2)13-7-4-5-12(6-8-13)9-11(12)3/h10-11H,4-9H2,1-3H3/t11-,12?/m1/s1. The predicted octanol–water partition coefficient (Wildman–Crippen LogP) is 2.91. The van der Waals surface area contributed by atoms with Crippen LogP contribution in [-0.4, -0.2) is 24.0 Å². The first-order chi connectivity index (χ1) is 6.14. The topological polar surface area (TPSA) is 3.24 Å². The Balaban J connectivity index is 1.91. The van der Waals surface area contributed by atoms with E-state index in [1.54, 1.807) is 0 Å². The third-order valence-corrected chi connectivity index (χ3v) is 4.35. The molecule has 2 rings (SSSR count). The molecule has 0 aromatic rings. The van der Waals surface area contributed by atoms with Crippen molar-refractivity contribution < 1.29 is 0 Å². The molecule has 1 nitrogen and oxygen atoms in total. The lowest BCUT2D eigenvalue weighted by Crippen LogP contribution is -2.31. The summed E-state index contributed by atoms with van der Waals surface area (Å²) in [5.74, 6) is 1.03. The fourth-order valence-electron chi connectivity index (χ4n) is 3.00. The van der Waals surface area contributed by atoms with Crippen molar-refractivity contribution in [3.8, 4) is 0 Å². The van der Waals surface area contributed by atoms with Crippen LogP contribution in [0.15, 0.2) is 0 Å². The van der Waals surface area contributed by atoms with Crippen LogP contribution in [0.3, 0.4) is 0 Å². The average Bonchev–Trinajstić information content (AvgIpc) is 2.75. The summed E-state index contributed by atoms with van der Waals surface area (Å²) in [6.07, 6.45) is 5.91. The highest BCUT2D eigenvalue weighted by Gasteiger charge is 2.50. The third kappa shape index (κ3) is 1.76. The van der Waals surface area contributed by atoms with Gasteiger partial charge in [-0.1, -0.05) is 6.92 Å².